The minimum atomic E-state index is -5.30. The molecule has 3 N–H and O–H groups in total. The summed E-state index contributed by atoms with van der Waals surface area (Å²) in [6, 6.07) is 7.10. The smallest absolute Gasteiger partial charge is 0.471 e. The van der Waals surface area contributed by atoms with Crippen molar-refractivity contribution in [3.63, 3.8) is 0 Å². The van der Waals surface area contributed by atoms with Gasteiger partial charge in [-0.3, -0.25) is 14.4 Å². The number of esters is 1. The van der Waals surface area contributed by atoms with E-state index in [2.05, 4.69) is 10.1 Å². The molecule has 28 heavy (non-hydrogen) atoms. The molecule has 2 rings (SSSR count). The Kier molecular flexibility index (Phi) is 5.95. The molecule has 1 aromatic carbocycles. The molecule has 0 saturated heterocycles. The number of benzene rings is 1. The van der Waals surface area contributed by atoms with Crippen molar-refractivity contribution in [3.8, 4) is 0 Å². The van der Waals surface area contributed by atoms with E-state index in [0.29, 0.717) is 5.56 Å². The molecule has 0 bridgehead atoms. The number of carbonyl (C=O) groups excluding carboxylic acids is 3. The molecule has 3 atom stereocenters. The lowest BCUT2D eigenvalue weighted by Gasteiger charge is -2.23. The third-order valence-electron chi connectivity index (χ3n) is 4.33. The van der Waals surface area contributed by atoms with Crippen LogP contribution in [-0.4, -0.2) is 53.7 Å². The van der Waals surface area contributed by atoms with Gasteiger partial charge in [-0.05, 0) is 12.0 Å². The quantitative estimate of drug-likeness (QED) is 0.568. The molecule has 0 radical (unpaired) electrons. The molecule has 1 fully saturated rings. The average Bonchev–Trinajstić information content (AvgIpc) is 3.36. The van der Waals surface area contributed by atoms with Crippen LogP contribution in [0.5, 0.6) is 0 Å². The Morgan fingerprint density at radius 2 is 1.86 bits per heavy atom. The highest BCUT2D eigenvalue weighted by Gasteiger charge is 2.67. The van der Waals surface area contributed by atoms with Gasteiger partial charge in [0.1, 0.15) is 11.6 Å². The largest absolute Gasteiger partial charge is 0.481 e. The highest BCUT2D eigenvalue weighted by Crippen LogP contribution is 2.44. The first-order valence-electron chi connectivity index (χ1n) is 8.06. The van der Waals surface area contributed by atoms with Gasteiger partial charge in [0.25, 0.3) is 0 Å². The van der Waals surface area contributed by atoms with Crippen molar-refractivity contribution in [2.45, 2.75) is 30.6 Å². The van der Waals surface area contributed by atoms with Gasteiger partial charge in [-0.15, -0.1) is 0 Å². The molecule has 1 aliphatic rings. The van der Waals surface area contributed by atoms with Crippen LogP contribution in [0.25, 0.3) is 0 Å². The van der Waals surface area contributed by atoms with Crippen molar-refractivity contribution in [1.82, 2.24) is 10.6 Å². The van der Waals surface area contributed by atoms with Crippen LogP contribution in [0.15, 0.2) is 30.3 Å². The van der Waals surface area contributed by atoms with Crippen LogP contribution < -0.4 is 10.6 Å². The van der Waals surface area contributed by atoms with E-state index in [4.69, 9.17) is 5.11 Å². The predicted molar refractivity (Wildman–Crippen MR) is 86.8 cm³/mol. The highest BCUT2D eigenvalue weighted by molar-refractivity contribution is 6.02. The number of carbonyl (C=O) groups is 4. The summed E-state index contributed by atoms with van der Waals surface area (Å²) in [5.41, 5.74) is -1.67. The average molecular weight is 402 g/mol. The summed E-state index contributed by atoms with van der Waals surface area (Å²) >= 11 is 0. The van der Waals surface area contributed by atoms with Crippen molar-refractivity contribution in [2.75, 3.05) is 7.11 Å². The molecule has 0 unspecified atom stereocenters. The Balaban J connectivity index is 2.21. The highest BCUT2D eigenvalue weighted by atomic mass is 19.4. The molecule has 1 aliphatic carbocycles. The van der Waals surface area contributed by atoms with Crippen LogP contribution in [0.3, 0.4) is 0 Å². The molecule has 1 saturated carbocycles. The second-order valence-corrected chi connectivity index (χ2v) is 6.26. The topological polar surface area (TPSA) is 122 Å². The molecular weight excluding hydrogens is 385 g/mol. The number of methoxy groups -OCH3 is 1. The molecular formula is C17H17F3N2O6. The van der Waals surface area contributed by atoms with Crippen molar-refractivity contribution in [1.29, 1.82) is 0 Å². The SMILES string of the molecule is COC(=O)[C@H](Cc1ccccc1)NC(=O)[C@@]1(NC(=O)C(F)(F)F)C[C@@H]1C(=O)O. The second-order valence-electron chi connectivity index (χ2n) is 6.26. The van der Waals surface area contributed by atoms with E-state index in [1.165, 1.54) is 5.32 Å². The Morgan fingerprint density at radius 1 is 1.25 bits per heavy atom. The van der Waals surface area contributed by atoms with Gasteiger partial charge in [0.05, 0.1) is 13.0 Å². The Hall–Kier alpha value is -3.11. The number of hydrogen-bond acceptors (Lipinski definition) is 5. The molecule has 0 aromatic heterocycles. The number of ether oxygens (including phenoxy) is 1. The number of hydrogen-bond donors (Lipinski definition) is 3. The Bertz CT molecular complexity index is 783. The second kappa shape index (κ2) is 7.87. The zero-order valence-electron chi connectivity index (χ0n) is 14.6. The lowest BCUT2D eigenvalue weighted by atomic mass is 10.0. The molecule has 0 aliphatic heterocycles. The maximum absolute atomic E-state index is 12.6. The van der Waals surface area contributed by atoms with Crippen LogP contribution in [0.1, 0.15) is 12.0 Å². The third kappa shape index (κ3) is 4.59. The van der Waals surface area contributed by atoms with Crippen LogP contribution in [0.4, 0.5) is 13.2 Å². The summed E-state index contributed by atoms with van der Waals surface area (Å²) in [5, 5.41) is 12.7. The summed E-state index contributed by atoms with van der Waals surface area (Å²) in [4.78, 5) is 47.0. The van der Waals surface area contributed by atoms with E-state index in [9.17, 15) is 32.3 Å². The molecule has 0 heterocycles. The van der Waals surface area contributed by atoms with Crippen LogP contribution in [0, 0.1) is 5.92 Å². The van der Waals surface area contributed by atoms with Crippen molar-refractivity contribution >= 4 is 23.8 Å². The maximum Gasteiger partial charge on any atom is 0.471 e. The van der Waals surface area contributed by atoms with Gasteiger partial charge in [0.2, 0.25) is 5.91 Å². The molecule has 8 nitrogen and oxygen atoms in total. The minimum absolute atomic E-state index is 0.0414. The number of nitrogens with one attached hydrogen (secondary N) is 2. The number of halogens is 3. The summed E-state index contributed by atoms with van der Waals surface area (Å²) in [6.07, 6.45) is -5.87. The zero-order valence-corrected chi connectivity index (χ0v) is 14.6. The van der Waals surface area contributed by atoms with Crippen LogP contribution in [0.2, 0.25) is 0 Å². The number of aliphatic carboxylic acids is 1. The zero-order chi connectivity index (χ0) is 21.1. The number of alkyl halides is 3. The summed E-state index contributed by atoms with van der Waals surface area (Å²) in [6.45, 7) is 0. The fraction of sp³-hybridized carbons (Fsp3) is 0.412. The van der Waals surface area contributed by atoms with Gasteiger partial charge in [0.15, 0.2) is 0 Å². The van der Waals surface area contributed by atoms with E-state index in [0.717, 1.165) is 7.11 Å². The summed E-state index contributed by atoms with van der Waals surface area (Å²) in [7, 11) is 1.06. The van der Waals surface area contributed by atoms with Gasteiger partial charge in [-0.1, -0.05) is 30.3 Å². The number of carboxylic acids is 1. The molecule has 0 spiro atoms. The lowest BCUT2D eigenvalue weighted by molar-refractivity contribution is -0.175. The van der Waals surface area contributed by atoms with Gasteiger partial charge in [0, 0.05) is 6.42 Å². The van der Waals surface area contributed by atoms with E-state index in [-0.39, 0.29) is 6.42 Å². The van der Waals surface area contributed by atoms with Crippen molar-refractivity contribution < 1.29 is 42.2 Å². The molecule has 2 amide bonds. The number of amides is 2. The van der Waals surface area contributed by atoms with Crippen LogP contribution in [-0.2, 0) is 30.3 Å². The maximum atomic E-state index is 12.6. The van der Waals surface area contributed by atoms with E-state index in [1.807, 2.05) is 0 Å². The first-order valence-corrected chi connectivity index (χ1v) is 8.06. The van der Waals surface area contributed by atoms with Crippen LogP contribution >= 0.6 is 0 Å². The Morgan fingerprint density at radius 3 is 2.32 bits per heavy atom. The fourth-order valence-corrected chi connectivity index (χ4v) is 2.75. The lowest BCUT2D eigenvalue weighted by Crippen LogP contribution is -2.57. The first-order chi connectivity index (χ1) is 13.0. The fourth-order valence-electron chi connectivity index (χ4n) is 2.75. The molecule has 11 heteroatoms. The van der Waals surface area contributed by atoms with Gasteiger partial charge in [-0.25, -0.2) is 4.79 Å². The first kappa shape index (κ1) is 21.2. The number of rotatable bonds is 7. The van der Waals surface area contributed by atoms with E-state index >= 15 is 0 Å². The monoisotopic (exact) mass is 402 g/mol. The Labute approximate surface area is 157 Å². The van der Waals surface area contributed by atoms with Gasteiger partial charge >= 0.3 is 24.0 Å². The molecule has 152 valence electrons. The molecule has 1 aromatic rings. The van der Waals surface area contributed by atoms with E-state index < -0.39 is 53.8 Å². The number of carboxylic acid groups (broad SMARTS) is 1. The van der Waals surface area contributed by atoms with Gasteiger partial charge in [-0.2, -0.15) is 13.2 Å². The summed E-state index contributed by atoms with van der Waals surface area (Å²) in [5.74, 6) is -7.61. The minimum Gasteiger partial charge on any atom is -0.481 e. The third-order valence-corrected chi connectivity index (χ3v) is 4.33. The van der Waals surface area contributed by atoms with Gasteiger partial charge < -0.3 is 20.5 Å². The van der Waals surface area contributed by atoms with Crippen molar-refractivity contribution in [3.05, 3.63) is 35.9 Å². The predicted octanol–water partition coefficient (Wildman–Crippen LogP) is 0.409. The van der Waals surface area contributed by atoms with Crippen molar-refractivity contribution in [2.24, 2.45) is 5.92 Å². The van der Waals surface area contributed by atoms with E-state index in [1.54, 1.807) is 30.3 Å². The summed E-state index contributed by atoms with van der Waals surface area (Å²) < 4.78 is 42.3. The normalized spacial score (nSPS) is 21.9. The standard InChI is InChI=1S/C17H17F3N2O6/c1-28-13(25)11(7-9-5-3-2-4-6-9)21-14(26)16(8-10(16)12(23)24)22-15(27)17(18,19)20/h2-6,10-11H,7-8H2,1H3,(H,21,26)(H,22,27)(H,23,24)/t10-,11+,16-/m1/s1.